The highest BCUT2D eigenvalue weighted by molar-refractivity contribution is 7.11. The minimum absolute atomic E-state index is 0.0220. The number of nitrogens with zero attached hydrogens (tertiary/aromatic N) is 2. The lowest BCUT2D eigenvalue weighted by molar-refractivity contribution is 0.0950. The lowest BCUT2D eigenvalue weighted by atomic mass is 10.2. The zero-order valence-electron chi connectivity index (χ0n) is 9.17. The number of hydrogen-bond acceptors (Lipinski definition) is 5. The molecule has 0 atom stereocenters. The highest BCUT2D eigenvalue weighted by Gasteiger charge is 2.07. The van der Waals surface area contributed by atoms with E-state index in [4.69, 9.17) is 0 Å². The molecule has 0 saturated carbocycles. The van der Waals surface area contributed by atoms with Gasteiger partial charge in [-0.05, 0) is 13.0 Å². The van der Waals surface area contributed by atoms with Crippen molar-refractivity contribution in [2.75, 3.05) is 0 Å². The molecule has 0 aliphatic heterocycles. The normalized spacial score (nSPS) is 10.2. The van der Waals surface area contributed by atoms with Crippen LogP contribution in [0, 0.1) is 6.92 Å². The number of aryl methyl sites for hydroxylation is 1. The Bertz CT molecular complexity index is 539. The van der Waals surface area contributed by atoms with E-state index in [0.29, 0.717) is 12.1 Å². The number of thiazole rings is 1. The molecule has 2 N–H and O–H groups in total. The Kier molecular flexibility index (Phi) is 3.34. The second kappa shape index (κ2) is 4.92. The number of carbonyl (C=O) groups is 1. The van der Waals surface area contributed by atoms with Gasteiger partial charge in [-0.25, -0.2) is 4.98 Å². The Morgan fingerprint density at radius 2 is 2.29 bits per heavy atom. The molecule has 6 heteroatoms. The van der Waals surface area contributed by atoms with Crippen molar-refractivity contribution in [2.45, 2.75) is 13.5 Å². The number of nitrogens with one attached hydrogen (secondary N) is 1. The van der Waals surface area contributed by atoms with E-state index in [1.807, 2.05) is 6.92 Å². The molecule has 0 fully saturated rings. The first-order valence-electron chi connectivity index (χ1n) is 4.98. The summed E-state index contributed by atoms with van der Waals surface area (Å²) in [6, 6.07) is 1.38. The fraction of sp³-hybridized carbons (Fsp3) is 0.182. The van der Waals surface area contributed by atoms with Crippen molar-refractivity contribution in [2.24, 2.45) is 0 Å². The second-order valence-electron chi connectivity index (χ2n) is 3.46. The van der Waals surface area contributed by atoms with E-state index in [1.54, 1.807) is 6.20 Å². The van der Waals surface area contributed by atoms with Crippen LogP contribution in [-0.2, 0) is 6.54 Å². The molecule has 0 saturated heterocycles. The van der Waals surface area contributed by atoms with Gasteiger partial charge in [0.05, 0.1) is 23.3 Å². The summed E-state index contributed by atoms with van der Waals surface area (Å²) in [5.74, 6) is -0.286. The van der Waals surface area contributed by atoms with E-state index in [1.165, 1.54) is 29.8 Å². The van der Waals surface area contributed by atoms with Crippen LogP contribution in [0.1, 0.15) is 20.2 Å². The minimum atomic E-state index is -0.264. The first-order valence-corrected chi connectivity index (χ1v) is 5.80. The number of hydrogen-bond donors (Lipinski definition) is 2. The van der Waals surface area contributed by atoms with Crippen molar-refractivity contribution in [1.82, 2.24) is 15.3 Å². The number of aromatic hydroxyl groups is 1. The van der Waals surface area contributed by atoms with Gasteiger partial charge in [-0.2, -0.15) is 0 Å². The molecule has 0 aliphatic carbocycles. The molecule has 2 rings (SSSR count). The standard InChI is InChI=1S/C11H11N3O2S/c1-7-13-5-10(17-7)6-14-11(16)8-2-9(15)4-12-3-8/h2-5,15H,6H2,1H3,(H,14,16). The third-order valence-electron chi connectivity index (χ3n) is 2.08. The maximum absolute atomic E-state index is 11.7. The van der Waals surface area contributed by atoms with Crippen LogP contribution in [0.3, 0.4) is 0 Å². The van der Waals surface area contributed by atoms with E-state index in [9.17, 15) is 9.90 Å². The molecule has 0 bridgehead atoms. The lowest BCUT2D eigenvalue weighted by Gasteiger charge is -2.03. The molecule has 2 heterocycles. The van der Waals surface area contributed by atoms with Crippen LogP contribution in [0.4, 0.5) is 0 Å². The second-order valence-corrected chi connectivity index (χ2v) is 4.78. The van der Waals surface area contributed by atoms with E-state index >= 15 is 0 Å². The van der Waals surface area contributed by atoms with Crippen molar-refractivity contribution in [3.8, 4) is 5.75 Å². The summed E-state index contributed by atoms with van der Waals surface area (Å²) in [4.78, 5) is 20.5. The van der Waals surface area contributed by atoms with Crippen LogP contribution in [0.5, 0.6) is 5.75 Å². The molecule has 0 spiro atoms. The summed E-state index contributed by atoms with van der Waals surface area (Å²) in [7, 11) is 0. The van der Waals surface area contributed by atoms with Gasteiger partial charge in [-0.1, -0.05) is 0 Å². The molecule has 0 aliphatic rings. The minimum Gasteiger partial charge on any atom is -0.506 e. The Morgan fingerprint density at radius 3 is 2.94 bits per heavy atom. The molecule has 5 nitrogen and oxygen atoms in total. The highest BCUT2D eigenvalue weighted by atomic mass is 32.1. The van der Waals surface area contributed by atoms with Crippen molar-refractivity contribution in [1.29, 1.82) is 0 Å². The van der Waals surface area contributed by atoms with Gasteiger partial charge in [0.2, 0.25) is 0 Å². The first kappa shape index (κ1) is 11.5. The van der Waals surface area contributed by atoms with Crippen LogP contribution < -0.4 is 5.32 Å². The molecule has 2 aromatic rings. The molecule has 0 radical (unpaired) electrons. The van der Waals surface area contributed by atoms with E-state index < -0.39 is 0 Å². The van der Waals surface area contributed by atoms with Crippen LogP contribution in [0.2, 0.25) is 0 Å². The SMILES string of the molecule is Cc1ncc(CNC(=O)c2cncc(O)c2)s1. The molecule has 0 aromatic carbocycles. The Balaban J connectivity index is 1.98. The predicted octanol–water partition coefficient (Wildman–Crippen LogP) is 1.48. The molecule has 1 amide bonds. The maximum Gasteiger partial charge on any atom is 0.253 e. The topological polar surface area (TPSA) is 75.1 Å². The van der Waals surface area contributed by atoms with Gasteiger partial charge in [0.25, 0.3) is 5.91 Å². The van der Waals surface area contributed by atoms with Crippen LogP contribution in [0.25, 0.3) is 0 Å². The summed E-state index contributed by atoms with van der Waals surface area (Å²) in [5.41, 5.74) is 0.339. The van der Waals surface area contributed by atoms with Crippen molar-refractivity contribution in [3.63, 3.8) is 0 Å². The number of amides is 1. The third kappa shape index (κ3) is 3.01. The molecule has 17 heavy (non-hydrogen) atoms. The number of pyridine rings is 1. The van der Waals surface area contributed by atoms with Gasteiger partial charge in [0, 0.05) is 17.3 Å². The average Bonchev–Trinajstić information content (AvgIpc) is 2.72. The third-order valence-corrected chi connectivity index (χ3v) is 2.99. The monoisotopic (exact) mass is 249 g/mol. The number of carbonyl (C=O) groups excluding carboxylic acids is 1. The predicted molar refractivity (Wildman–Crippen MR) is 63.9 cm³/mol. The summed E-state index contributed by atoms with van der Waals surface area (Å²) in [6.45, 7) is 2.34. The quantitative estimate of drug-likeness (QED) is 0.864. The largest absolute Gasteiger partial charge is 0.506 e. The van der Waals surface area contributed by atoms with Gasteiger partial charge in [-0.15, -0.1) is 11.3 Å². The van der Waals surface area contributed by atoms with Gasteiger partial charge < -0.3 is 10.4 Å². The maximum atomic E-state index is 11.7. The summed E-state index contributed by atoms with van der Waals surface area (Å²) in [5, 5.41) is 12.9. The molecule has 0 unspecified atom stereocenters. The Morgan fingerprint density at radius 1 is 1.47 bits per heavy atom. The van der Waals surface area contributed by atoms with Crippen molar-refractivity contribution in [3.05, 3.63) is 40.1 Å². The summed E-state index contributed by atoms with van der Waals surface area (Å²) >= 11 is 1.54. The van der Waals surface area contributed by atoms with Crippen molar-refractivity contribution < 1.29 is 9.90 Å². The zero-order valence-corrected chi connectivity index (χ0v) is 9.99. The van der Waals surface area contributed by atoms with Crippen LogP contribution >= 0.6 is 11.3 Å². The van der Waals surface area contributed by atoms with Gasteiger partial charge in [-0.3, -0.25) is 9.78 Å². The van der Waals surface area contributed by atoms with E-state index in [0.717, 1.165) is 9.88 Å². The lowest BCUT2D eigenvalue weighted by Crippen LogP contribution is -2.22. The number of rotatable bonds is 3. The zero-order chi connectivity index (χ0) is 12.3. The summed E-state index contributed by atoms with van der Waals surface area (Å²) in [6.07, 6.45) is 4.43. The smallest absolute Gasteiger partial charge is 0.253 e. The molecular weight excluding hydrogens is 238 g/mol. The molecule has 88 valence electrons. The number of aromatic nitrogens is 2. The Hall–Kier alpha value is -1.95. The first-order chi connectivity index (χ1) is 8.15. The molecular formula is C11H11N3O2S. The fourth-order valence-corrected chi connectivity index (χ4v) is 2.04. The van der Waals surface area contributed by atoms with Gasteiger partial charge >= 0.3 is 0 Å². The Labute approximate surface area is 102 Å². The van der Waals surface area contributed by atoms with Gasteiger partial charge in [0.1, 0.15) is 5.75 Å². The highest BCUT2D eigenvalue weighted by Crippen LogP contribution is 2.12. The fourth-order valence-electron chi connectivity index (χ4n) is 1.31. The van der Waals surface area contributed by atoms with Crippen LogP contribution in [-0.4, -0.2) is 21.0 Å². The average molecular weight is 249 g/mol. The van der Waals surface area contributed by atoms with Crippen molar-refractivity contribution >= 4 is 17.2 Å². The van der Waals surface area contributed by atoms with E-state index in [-0.39, 0.29) is 11.7 Å². The van der Waals surface area contributed by atoms with Gasteiger partial charge in [0.15, 0.2) is 0 Å². The van der Waals surface area contributed by atoms with Crippen LogP contribution in [0.15, 0.2) is 24.7 Å². The molecule has 2 aromatic heterocycles. The summed E-state index contributed by atoms with van der Waals surface area (Å²) < 4.78 is 0. The van der Waals surface area contributed by atoms with E-state index in [2.05, 4.69) is 15.3 Å².